The van der Waals surface area contributed by atoms with Crippen molar-refractivity contribution >= 4 is 27.7 Å². The van der Waals surface area contributed by atoms with Crippen LogP contribution in [0.4, 0.5) is 0 Å². The summed E-state index contributed by atoms with van der Waals surface area (Å²) >= 11 is 1.82. The molecule has 134 valence electrons. The van der Waals surface area contributed by atoms with Crippen LogP contribution in [0.1, 0.15) is 23.2 Å². The van der Waals surface area contributed by atoms with E-state index in [9.17, 15) is 13.2 Å². The highest BCUT2D eigenvalue weighted by Crippen LogP contribution is 2.24. The van der Waals surface area contributed by atoms with Crippen LogP contribution >= 0.6 is 11.8 Å². The smallest absolute Gasteiger partial charge is 0.253 e. The minimum atomic E-state index is -3.68. The SMILES string of the molecule is N#C[C@@H]1CCCN(S(=O)(=O)c2cccc(C(=O)N3CCSCC3)c2)C1. The number of benzene rings is 1. The first-order valence-electron chi connectivity index (χ1n) is 8.39. The normalized spacial score (nSPS) is 22.4. The third kappa shape index (κ3) is 4.00. The second kappa shape index (κ2) is 7.77. The first-order valence-corrected chi connectivity index (χ1v) is 11.0. The number of nitrogens with zero attached hydrogens (tertiary/aromatic N) is 3. The second-order valence-electron chi connectivity index (χ2n) is 6.26. The number of nitriles is 1. The molecule has 2 aliphatic rings. The number of hydrogen-bond donors (Lipinski definition) is 0. The van der Waals surface area contributed by atoms with Gasteiger partial charge in [0, 0.05) is 43.2 Å². The average Bonchev–Trinajstić information content (AvgIpc) is 2.68. The molecule has 6 nitrogen and oxygen atoms in total. The lowest BCUT2D eigenvalue weighted by Gasteiger charge is -2.29. The van der Waals surface area contributed by atoms with Crippen LogP contribution in [0.15, 0.2) is 29.2 Å². The van der Waals surface area contributed by atoms with Gasteiger partial charge in [-0.05, 0) is 31.0 Å². The Labute approximate surface area is 152 Å². The van der Waals surface area contributed by atoms with E-state index < -0.39 is 10.0 Å². The molecule has 25 heavy (non-hydrogen) atoms. The summed E-state index contributed by atoms with van der Waals surface area (Å²) in [6, 6.07) is 8.43. The van der Waals surface area contributed by atoms with Crippen LogP contribution in [0.5, 0.6) is 0 Å². The largest absolute Gasteiger partial charge is 0.337 e. The van der Waals surface area contributed by atoms with Gasteiger partial charge >= 0.3 is 0 Å². The van der Waals surface area contributed by atoms with E-state index in [-0.39, 0.29) is 23.3 Å². The van der Waals surface area contributed by atoms with Gasteiger partial charge in [-0.15, -0.1) is 0 Å². The van der Waals surface area contributed by atoms with Crippen molar-refractivity contribution in [2.75, 3.05) is 37.7 Å². The molecule has 2 aliphatic heterocycles. The second-order valence-corrected chi connectivity index (χ2v) is 9.43. The summed E-state index contributed by atoms with van der Waals surface area (Å²) in [5, 5.41) is 9.08. The minimum Gasteiger partial charge on any atom is -0.337 e. The zero-order valence-corrected chi connectivity index (χ0v) is 15.6. The molecule has 3 rings (SSSR count). The molecule has 0 bridgehead atoms. The molecule has 0 unspecified atom stereocenters. The van der Waals surface area contributed by atoms with E-state index >= 15 is 0 Å². The molecule has 2 saturated heterocycles. The van der Waals surface area contributed by atoms with Crippen LogP contribution in [0.3, 0.4) is 0 Å². The first kappa shape index (κ1) is 18.2. The van der Waals surface area contributed by atoms with Gasteiger partial charge in [0.15, 0.2) is 0 Å². The molecule has 1 amide bonds. The molecule has 0 aromatic heterocycles. The van der Waals surface area contributed by atoms with Gasteiger partial charge in [-0.3, -0.25) is 4.79 Å². The fraction of sp³-hybridized carbons (Fsp3) is 0.529. The van der Waals surface area contributed by atoms with Crippen LogP contribution in [0.25, 0.3) is 0 Å². The summed E-state index contributed by atoms with van der Waals surface area (Å²) < 4.78 is 27.1. The highest BCUT2D eigenvalue weighted by Gasteiger charge is 2.31. The van der Waals surface area contributed by atoms with Crippen molar-refractivity contribution in [3.05, 3.63) is 29.8 Å². The highest BCUT2D eigenvalue weighted by molar-refractivity contribution is 7.99. The van der Waals surface area contributed by atoms with Gasteiger partial charge in [0.2, 0.25) is 10.0 Å². The minimum absolute atomic E-state index is 0.120. The lowest BCUT2D eigenvalue weighted by molar-refractivity contribution is 0.0772. The average molecular weight is 380 g/mol. The molecule has 0 radical (unpaired) electrons. The third-order valence-corrected chi connectivity index (χ3v) is 7.39. The lowest BCUT2D eigenvalue weighted by atomic mass is 10.0. The number of amides is 1. The highest BCUT2D eigenvalue weighted by atomic mass is 32.2. The van der Waals surface area contributed by atoms with Crippen LogP contribution in [0, 0.1) is 17.2 Å². The number of piperidine rings is 1. The quantitative estimate of drug-likeness (QED) is 0.800. The molecular formula is C17H21N3O3S2. The summed E-state index contributed by atoms with van der Waals surface area (Å²) in [4.78, 5) is 14.5. The number of rotatable bonds is 3. The van der Waals surface area contributed by atoms with Gasteiger partial charge in [-0.1, -0.05) is 6.07 Å². The number of carbonyl (C=O) groups is 1. The Hall–Kier alpha value is -1.56. The van der Waals surface area contributed by atoms with Crippen LogP contribution in [0.2, 0.25) is 0 Å². The van der Waals surface area contributed by atoms with E-state index in [1.165, 1.54) is 16.4 Å². The Balaban J connectivity index is 1.82. The Bertz CT molecular complexity index is 783. The van der Waals surface area contributed by atoms with Gasteiger partial charge in [-0.25, -0.2) is 8.42 Å². The number of carbonyl (C=O) groups excluding carboxylic acids is 1. The van der Waals surface area contributed by atoms with E-state index in [1.807, 2.05) is 11.8 Å². The van der Waals surface area contributed by atoms with E-state index in [1.54, 1.807) is 17.0 Å². The molecule has 2 heterocycles. The molecule has 0 aliphatic carbocycles. The van der Waals surface area contributed by atoms with Gasteiger partial charge in [0.25, 0.3) is 5.91 Å². The van der Waals surface area contributed by atoms with E-state index in [2.05, 4.69) is 6.07 Å². The fourth-order valence-electron chi connectivity index (χ4n) is 3.15. The van der Waals surface area contributed by atoms with Crippen molar-refractivity contribution in [3.63, 3.8) is 0 Å². The molecule has 0 spiro atoms. The van der Waals surface area contributed by atoms with E-state index in [0.29, 0.717) is 31.6 Å². The molecule has 1 aromatic carbocycles. The van der Waals surface area contributed by atoms with Crippen molar-refractivity contribution in [1.29, 1.82) is 5.26 Å². The Morgan fingerprint density at radius 3 is 2.72 bits per heavy atom. The van der Waals surface area contributed by atoms with Gasteiger partial charge in [-0.2, -0.15) is 21.3 Å². The third-order valence-electron chi connectivity index (χ3n) is 4.58. The summed E-state index contributed by atoms with van der Waals surface area (Å²) in [7, 11) is -3.68. The Morgan fingerprint density at radius 1 is 1.24 bits per heavy atom. The topological polar surface area (TPSA) is 81.5 Å². The Kier molecular flexibility index (Phi) is 5.67. The van der Waals surface area contributed by atoms with E-state index in [0.717, 1.165) is 17.9 Å². The van der Waals surface area contributed by atoms with Gasteiger partial charge in [0.1, 0.15) is 0 Å². The van der Waals surface area contributed by atoms with Crippen molar-refractivity contribution in [1.82, 2.24) is 9.21 Å². The summed E-state index contributed by atoms with van der Waals surface area (Å²) in [5.41, 5.74) is 0.404. The number of thioether (sulfide) groups is 1. The predicted molar refractivity (Wildman–Crippen MR) is 96.8 cm³/mol. The molecule has 0 N–H and O–H groups in total. The van der Waals surface area contributed by atoms with Crippen LogP contribution < -0.4 is 0 Å². The summed E-state index contributed by atoms with van der Waals surface area (Å²) in [6.07, 6.45) is 1.41. The molecule has 1 atom stereocenters. The van der Waals surface area contributed by atoms with Crippen molar-refractivity contribution in [2.45, 2.75) is 17.7 Å². The number of sulfonamides is 1. The van der Waals surface area contributed by atoms with Gasteiger partial charge in [0.05, 0.1) is 16.9 Å². The maximum absolute atomic E-state index is 12.9. The van der Waals surface area contributed by atoms with Crippen LogP contribution in [-0.2, 0) is 10.0 Å². The lowest BCUT2D eigenvalue weighted by Crippen LogP contribution is -2.40. The molecule has 0 saturated carbocycles. The van der Waals surface area contributed by atoms with Crippen molar-refractivity contribution in [2.24, 2.45) is 5.92 Å². The zero-order chi connectivity index (χ0) is 17.9. The molecule has 1 aromatic rings. The molecule has 8 heteroatoms. The molecule has 2 fully saturated rings. The zero-order valence-electron chi connectivity index (χ0n) is 13.9. The summed E-state index contributed by atoms with van der Waals surface area (Å²) in [6.45, 7) is 2.02. The maximum atomic E-state index is 12.9. The number of hydrogen-bond acceptors (Lipinski definition) is 5. The van der Waals surface area contributed by atoms with Crippen LogP contribution in [-0.4, -0.2) is 61.2 Å². The van der Waals surface area contributed by atoms with Crippen molar-refractivity contribution < 1.29 is 13.2 Å². The van der Waals surface area contributed by atoms with Gasteiger partial charge < -0.3 is 4.90 Å². The fourth-order valence-corrected chi connectivity index (χ4v) is 5.63. The first-order chi connectivity index (χ1) is 12.0. The standard InChI is InChI=1S/C17H21N3O3S2/c18-12-14-3-2-6-20(13-14)25(22,23)16-5-1-4-15(11-16)17(21)19-7-9-24-10-8-19/h1,4-5,11,14H,2-3,6-10,13H2/t14-/m0/s1. The maximum Gasteiger partial charge on any atom is 0.253 e. The molecular weight excluding hydrogens is 358 g/mol. The monoisotopic (exact) mass is 379 g/mol. The Morgan fingerprint density at radius 2 is 2.00 bits per heavy atom. The van der Waals surface area contributed by atoms with Crippen molar-refractivity contribution in [3.8, 4) is 6.07 Å². The van der Waals surface area contributed by atoms with E-state index in [4.69, 9.17) is 5.26 Å². The predicted octanol–water partition coefficient (Wildman–Crippen LogP) is 1.80. The summed E-state index contributed by atoms with van der Waals surface area (Å²) in [5.74, 6) is 1.44.